The third-order valence-electron chi connectivity index (χ3n) is 3.99. The van der Waals surface area contributed by atoms with E-state index in [0.717, 1.165) is 23.1 Å². The first-order valence-electron chi connectivity index (χ1n) is 7.49. The third kappa shape index (κ3) is 3.15. The Balaban J connectivity index is 1.81. The number of nitrogens with two attached hydrogens (primary N) is 1. The van der Waals surface area contributed by atoms with E-state index >= 15 is 0 Å². The summed E-state index contributed by atoms with van der Waals surface area (Å²) in [6.45, 7) is 0.123. The van der Waals surface area contributed by atoms with E-state index in [-0.39, 0.29) is 18.5 Å². The number of benzene rings is 2. The molecule has 1 atom stereocenters. The summed E-state index contributed by atoms with van der Waals surface area (Å²) in [5.74, 6) is -3.88. The highest BCUT2D eigenvalue weighted by molar-refractivity contribution is 6.01. The first-order chi connectivity index (χ1) is 11.9. The smallest absolute Gasteiger partial charge is 0.251 e. The largest absolute Gasteiger partial charge is 0.374 e. The Labute approximate surface area is 141 Å². The van der Waals surface area contributed by atoms with Crippen LogP contribution in [0.1, 0.15) is 16.8 Å². The van der Waals surface area contributed by atoms with E-state index in [1.54, 1.807) is 0 Å². The van der Waals surface area contributed by atoms with Crippen molar-refractivity contribution in [2.24, 2.45) is 5.73 Å². The van der Waals surface area contributed by atoms with Crippen LogP contribution in [-0.4, -0.2) is 24.4 Å². The standard InChI is InChI=1S/C17H14F3N3O2/c18-11-5-4-9(8-10(11)16(21)24)22-14-6-7-23(17(14)25)15-12(19)2-1-3-13(15)20/h1-5,8,14,22H,6-7H2,(H2,21,24)/t14-/m0/s1. The molecule has 1 heterocycles. The lowest BCUT2D eigenvalue weighted by atomic mass is 10.1. The van der Waals surface area contributed by atoms with Gasteiger partial charge in [0.25, 0.3) is 5.91 Å². The van der Waals surface area contributed by atoms with Crippen molar-refractivity contribution in [3.8, 4) is 0 Å². The van der Waals surface area contributed by atoms with Crippen molar-refractivity contribution in [1.82, 2.24) is 0 Å². The van der Waals surface area contributed by atoms with Crippen molar-refractivity contribution in [3.63, 3.8) is 0 Å². The molecule has 0 radical (unpaired) electrons. The topological polar surface area (TPSA) is 75.4 Å². The molecule has 1 aliphatic heterocycles. The summed E-state index contributed by atoms with van der Waals surface area (Å²) in [5.41, 5.74) is 4.69. The maximum absolute atomic E-state index is 13.9. The number of rotatable bonds is 4. The summed E-state index contributed by atoms with van der Waals surface area (Å²) < 4.78 is 41.2. The number of halogens is 3. The monoisotopic (exact) mass is 349 g/mol. The van der Waals surface area contributed by atoms with Crippen molar-refractivity contribution in [2.45, 2.75) is 12.5 Å². The lowest BCUT2D eigenvalue weighted by molar-refractivity contribution is -0.117. The van der Waals surface area contributed by atoms with E-state index in [4.69, 9.17) is 5.73 Å². The molecule has 25 heavy (non-hydrogen) atoms. The zero-order chi connectivity index (χ0) is 18.1. The molecule has 3 N–H and O–H groups in total. The van der Waals surface area contributed by atoms with E-state index in [1.165, 1.54) is 18.2 Å². The predicted molar refractivity (Wildman–Crippen MR) is 85.7 cm³/mol. The normalized spacial score (nSPS) is 17.0. The Hall–Kier alpha value is -3.03. The molecule has 130 valence electrons. The number of para-hydroxylation sites is 1. The maximum Gasteiger partial charge on any atom is 0.251 e. The highest BCUT2D eigenvalue weighted by atomic mass is 19.1. The minimum atomic E-state index is -0.936. The van der Waals surface area contributed by atoms with Crippen LogP contribution < -0.4 is 16.0 Å². The molecule has 1 fully saturated rings. The molecule has 0 bridgehead atoms. The number of hydrogen-bond donors (Lipinski definition) is 2. The Morgan fingerprint density at radius 3 is 2.44 bits per heavy atom. The second kappa shape index (κ2) is 6.46. The lowest BCUT2D eigenvalue weighted by Crippen LogP contribution is -2.34. The number of anilines is 2. The van der Waals surface area contributed by atoms with E-state index < -0.39 is 41.0 Å². The van der Waals surface area contributed by atoms with Crippen LogP contribution in [0.3, 0.4) is 0 Å². The summed E-state index contributed by atoms with van der Waals surface area (Å²) in [6.07, 6.45) is 0.288. The van der Waals surface area contributed by atoms with Crippen molar-refractivity contribution >= 4 is 23.2 Å². The molecule has 0 spiro atoms. The highest BCUT2D eigenvalue weighted by Gasteiger charge is 2.35. The van der Waals surface area contributed by atoms with Gasteiger partial charge < -0.3 is 16.0 Å². The number of nitrogens with zero attached hydrogens (tertiary/aromatic N) is 1. The van der Waals surface area contributed by atoms with E-state index in [2.05, 4.69) is 5.32 Å². The number of nitrogens with one attached hydrogen (secondary N) is 1. The number of carbonyl (C=O) groups is 2. The summed E-state index contributed by atoms with van der Waals surface area (Å²) >= 11 is 0. The van der Waals surface area contributed by atoms with Gasteiger partial charge in [0.2, 0.25) is 5.91 Å². The summed E-state index contributed by atoms with van der Waals surface area (Å²) in [7, 11) is 0. The zero-order valence-electron chi connectivity index (χ0n) is 12.9. The molecule has 3 rings (SSSR count). The molecule has 2 aromatic rings. The number of hydrogen-bond acceptors (Lipinski definition) is 3. The maximum atomic E-state index is 13.9. The Morgan fingerprint density at radius 1 is 1.12 bits per heavy atom. The quantitative estimate of drug-likeness (QED) is 0.890. The molecule has 1 saturated heterocycles. The molecule has 5 nitrogen and oxygen atoms in total. The summed E-state index contributed by atoms with van der Waals surface area (Å²) in [6, 6.07) is 6.20. The predicted octanol–water partition coefficient (Wildman–Crippen LogP) is 2.42. The average molecular weight is 349 g/mol. The molecule has 8 heteroatoms. The molecule has 0 unspecified atom stereocenters. The van der Waals surface area contributed by atoms with Crippen LogP contribution in [0.2, 0.25) is 0 Å². The van der Waals surface area contributed by atoms with Crippen LogP contribution >= 0.6 is 0 Å². The van der Waals surface area contributed by atoms with E-state index in [0.29, 0.717) is 5.69 Å². The SMILES string of the molecule is NC(=O)c1cc(N[C@H]2CCN(c3c(F)cccc3F)C2=O)ccc1F. The second-order valence-corrected chi connectivity index (χ2v) is 5.60. The zero-order valence-corrected chi connectivity index (χ0v) is 12.9. The van der Waals surface area contributed by atoms with Gasteiger partial charge in [-0.2, -0.15) is 0 Å². The molecular weight excluding hydrogens is 335 g/mol. The van der Waals surface area contributed by atoms with Crippen molar-refractivity contribution in [2.75, 3.05) is 16.8 Å². The van der Waals surface area contributed by atoms with Crippen LogP contribution in [0.5, 0.6) is 0 Å². The molecular formula is C17H14F3N3O2. The third-order valence-corrected chi connectivity index (χ3v) is 3.99. The first kappa shape index (κ1) is 16.8. The fourth-order valence-electron chi connectivity index (χ4n) is 2.79. The minimum Gasteiger partial charge on any atom is -0.374 e. The van der Waals surface area contributed by atoms with Gasteiger partial charge >= 0.3 is 0 Å². The van der Waals surface area contributed by atoms with Gasteiger partial charge in [0.15, 0.2) is 0 Å². The van der Waals surface area contributed by atoms with Gasteiger partial charge in [0.1, 0.15) is 29.2 Å². The molecule has 1 aliphatic rings. The van der Waals surface area contributed by atoms with Gasteiger partial charge in [-0.05, 0) is 36.8 Å². The van der Waals surface area contributed by atoms with Crippen LogP contribution in [0, 0.1) is 17.5 Å². The van der Waals surface area contributed by atoms with Crippen molar-refractivity contribution in [1.29, 1.82) is 0 Å². The summed E-state index contributed by atoms with van der Waals surface area (Å²) in [4.78, 5) is 24.7. The summed E-state index contributed by atoms with van der Waals surface area (Å²) in [5, 5.41) is 2.84. The van der Waals surface area contributed by atoms with E-state index in [9.17, 15) is 22.8 Å². The fraction of sp³-hybridized carbons (Fsp3) is 0.176. The van der Waals surface area contributed by atoms with Crippen LogP contribution in [-0.2, 0) is 4.79 Å². The second-order valence-electron chi connectivity index (χ2n) is 5.60. The van der Waals surface area contributed by atoms with Crippen LogP contribution in [0.25, 0.3) is 0 Å². The Kier molecular flexibility index (Phi) is 4.35. The Bertz CT molecular complexity index is 837. The van der Waals surface area contributed by atoms with Crippen molar-refractivity contribution < 1.29 is 22.8 Å². The fourth-order valence-corrected chi connectivity index (χ4v) is 2.79. The van der Waals surface area contributed by atoms with Gasteiger partial charge in [0, 0.05) is 12.2 Å². The van der Waals surface area contributed by atoms with Gasteiger partial charge in [-0.15, -0.1) is 0 Å². The van der Waals surface area contributed by atoms with Crippen LogP contribution in [0.15, 0.2) is 36.4 Å². The number of amides is 2. The molecule has 0 aliphatic carbocycles. The number of primary amides is 1. The average Bonchev–Trinajstić information content (AvgIpc) is 2.90. The Morgan fingerprint density at radius 2 is 1.80 bits per heavy atom. The van der Waals surface area contributed by atoms with Crippen LogP contribution in [0.4, 0.5) is 24.5 Å². The molecule has 0 saturated carbocycles. The van der Waals surface area contributed by atoms with Gasteiger partial charge in [0.05, 0.1) is 5.56 Å². The van der Waals surface area contributed by atoms with Gasteiger partial charge in [-0.25, -0.2) is 13.2 Å². The molecule has 0 aromatic heterocycles. The molecule has 2 aromatic carbocycles. The van der Waals surface area contributed by atoms with Gasteiger partial charge in [-0.1, -0.05) is 6.07 Å². The number of carbonyl (C=O) groups excluding carboxylic acids is 2. The van der Waals surface area contributed by atoms with E-state index in [1.807, 2.05) is 0 Å². The first-order valence-corrected chi connectivity index (χ1v) is 7.49. The molecule has 2 amide bonds. The van der Waals surface area contributed by atoms with Gasteiger partial charge in [-0.3, -0.25) is 9.59 Å². The van der Waals surface area contributed by atoms with Crippen molar-refractivity contribution in [3.05, 3.63) is 59.4 Å². The minimum absolute atomic E-state index is 0.123. The highest BCUT2D eigenvalue weighted by Crippen LogP contribution is 2.29. The lowest BCUT2D eigenvalue weighted by Gasteiger charge is -2.19.